The van der Waals surface area contributed by atoms with Crippen LogP contribution in [0.5, 0.6) is 5.75 Å². The first kappa shape index (κ1) is 23.9. The standard InChI is InChI=1S/C27H36N6O2/c1-32(2)10-7-21-18-30-26(31-19-21)15-20-3-5-23(6-4-20)35-25-17-22(33-11-13-34-14-12-33)16-24-27(25)29-9-8-28-24/h8-9,16-20,23H,3-7,10-15H2,1-2H3. The second kappa shape index (κ2) is 11.3. The molecule has 0 amide bonds. The Labute approximate surface area is 207 Å². The quantitative estimate of drug-likeness (QED) is 0.489. The number of likely N-dealkylation sites (N-methyl/N-ethyl adjacent to an activating group) is 1. The lowest BCUT2D eigenvalue weighted by Gasteiger charge is -2.31. The molecule has 1 saturated carbocycles. The predicted molar refractivity (Wildman–Crippen MR) is 137 cm³/mol. The van der Waals surface area contributed by atoms with Gasteiger partial charge in [0, 0.05) is 62.6 Å². The zero-order chi connectivity index (χ0) is 24.0. The highest BCUT2D eigenvalue weighted by molar-refractivity contribution is 5.85. The Morgan fingerprint density at radius 2 is 1.71 bits per heavy atom. The molecule has 186 valence electrons. The van der Waals surface area contributed by atoms with Crippen molar-refractivity contribution in [3.05, 3.63) is 48.3 Å². The Morgan fingerprint density at radius 3 is 2.46 bits per heavy atom. The minimum atomic E-state index is 0.200. The molecular formula is C27H36N6O2. The summed E-state index contributed by atoms with van der Waals surface area (Å²) < 4.78 is 12.1. The fourth-order valence-corrected chi connectivity index (χ4v) is 4.98. The summed E-state index contributed by atoms with van der Waals surface area (Å²) in [7, 11) is 4.18. The van der Waals surface area contributed by atoms with Crippen LogP contribution in [0.25, 0.3) is 11.0 Å². The molecule has 1 aliphatic carbocycles. The van der Waals surface area contributed by atoms with Gasteiger partial charge in [0.1, 0.15) is 17.1 Å². The lowest BCUT2D eigenvalue weighted by Crippen LogP contribution is -2.36. The van der Waals surface area contributed by atoms with E-state index < -0.39 is 0 Å². The number of hydrogen-bond acceptors (Lipinski definition) is 8. The van der Waals surface area contributed by atoms with Gasteiger partial charge >= 0.3 is 0 Å². The second-order valence-corrected chi connectivity index (χ2v) is 9.99. The highest BCUT2D eigenvalue weighted by atomic mass is 16.5. The van der Waals surface area contributed by atoms with Crippen LogP contribution in [-0.2, 0) is 17.6 Å². The van der Waals surface area contributed by atoms with Crippen LogP contribution in [0.3, 0.4) is 0 Å². The topological polar surface area (TPSA) is 76.5 Å². The molecule has 8 nitrogen and oxygen atoms in total. The Morgan fingerprint density at radius 1 is 0.971 bits per heavy atom. The van der Waals surface area contributed by atoms with Gasteiger partial charge in [-0.15, -0.1) is 0 Å². The summed E-state index contributed by atoms with van der Waals surface area (Å²) in [6.07, 6.45) is 13.9. The highest BCUT2D eigenvalue weighted by Crippen LogP contribution is 2.34. The third-order valence-electron chi connectivity index (χ3n) is 7.06. The number of anilines is 1. The molecule has 0 atom stereocenters. The third kappa shape index (κ3) is 6.24. The molecule has 0 N–H and O–H groups in total. The first-order chi connectivity index (χ1) is 17.1. The largest absolute Gasteiger partial charge is 0.488 e. The van der Waals surface area contributed by atoms with Crippen LogP contribution in [0.1, 0.15) is 37.1 Å². The molecule has 35 heavy (non-hydrogen) atoms. The molecule has 0 bridgehead atoms. The van der Waals surface area contributed by atoms with E-state index in [0.717, 1.165) is 99.7 Å². The summed E-state index contributed by atoms with van der Waals surface area (Å²) in [5.41, 5.74) is 4.06. The van der Waals surface area contributed by atoms with Crippen molar-refractivity contribution in [3.63, 3.8) is 0 Å². The van der Waals surface area contributed by atoms with Crippen molar-refractivity contribution in [2.75, 3.05) is 51.8 Å². The first-order valence-electron chi connectivity index (χ1n) is 12.8. The van der Waals surface area contributed by atoms with Gasteiger partial charge in [0.15, 0.2) is 0 Å². The lowest BCUT2D eigenvalue weighted by atomic mass is 9.85. The summed E-state index contributed by atoms with van der Waals surface area (Å²) in [6, 6.07) is 4.25. The van der Waals surface area contributed by atoms with Gasteiger partial charge in [-0.1, -0.05) is 0 Å². The molecule has 1 aliphatic heterocycles. The van der Waals surface area contributed by atoms with Gasteiger partial charge in [0.05, 0.1) is 24.8 Å². The second-order valence-electron chi connectivity index (χ2n) is 9.99. The number of nitrogens with zero attached hydrogens (tertiary/aromatic N) is 6. The van der Waals surface area contributed by atoms with Gasteiger partial charge in [-0.3, -0.25) is 4.98 Å². The van der Waals surface area contributed by atoms with E-state index in [4.69, 9.17) is 9.47 Å². The maximum absolute atomic E-state index is 6.56. The van der Waals surface area contributed by atoms with E-state index in [2.05, 4.69) is 56.0 Å². The molecule has 2 aromatic heterocycles. The van der Waals surface area contributed by atoms with Crippen LogP contribution in [0, 0.1) is 5.92 Å². The van der Waals surface area contributed by atoms with Crippen LogP contribution < -0.4 is 9.64 Å². The number of hydrogen-bond donors (Lipinski definition) is 0. The van der Waals surface area contributed by atoms with Gasteiger partial charge in [-0.25, -0.2) is 15.0 Å². The Bertz CT molecular complexity index is 1090. The van der Waals surface area contributed by atoms with E-state index in [1.807, 2.05) is 12.4 Å². The van der Waals surface area contributed by atoms with Gasteiger partial charge in [0.2, 0.25) is 0 Å². The van der Waals surface area contributed by atoms with Crippen LogP contribution in [-0.4, -0.2) is 77.9 Å². The maximum Gasteiger partial charge on any atom is 0.149 e. The number of benzene rings is 1. The maximum atomic E-state index is 6.56. The number of ether oxygens (including phenoxy) is 2. The molecule has 3 aromatic rings. The zero-order valence-corrected chi connectivity index (χ0v) is 20.9. The van der Waals surface area contributed by atoms with Crippen LogP contribution in [0.15, 0.2) is 36.9 Å². The van der Waals surface area contributed by atoms with Crippen LogP contribution in [0.4, 0.5) is 5.69 Å². The van der Waals surface area contributed by atoms with E-state index >= 15 is 0 Å². The fourth-order valence-electron chi connectivity index (χ4n) is 4.98. The highest BCUT2D eigenvalue weighted by Gasteiger charge is 2.25. The predicted octanol–water partition coefficient (Wildman–Crippen LogP) is 3.54. The lowest BCUT2D eigenvalue weighted by molar-refractivity contribution is 0.122. The molecule has 1 aromatic carbocycles. The van der Waals surface area contributed by atoms with Crippen molar-refractivity contribution < 1.29 is 9.47 Å². The monoisotopic (exact) mass is 476 g/mol. The third-order valence-corrected chi connectivity index (χ3v) is 7.06. The molecule has 1 saturated heterocycles. The molecule has 0 spiro atoms. The Hall–Kier alpha value is -2.84. The van der Waals surface area contributed by atoms with Crippen molar-refractivity contribution in [3.8, 4) is 5.75 Å². The van der Waals surface area contributed by atoms with Crippen molar-refractivity contribution >= 4 is 16.7 Å². The van der Waals surface area contributed by atoms with E-state index in [1.165, 1.54) is 5.56 Å². The molecule has 0 radical (unpaired) electrons. The summed E-state index contributed by atoms with van der Waals surface area (Å²) in [4.78, 5) is 22.9. The molecule has 8 heteroatoms. The van der Waals surface area contributed by atoms with Crippen LogP contribution in [0.2, 0.25) is 0 Å². The van der Waals surface area contributed by atoms with Gasteiger partial charge < -0.3 is 19.3 Å². The van der Waals surface area contributed by atoms with Crippen molar-refractivity contribution in [1.29, 1.82) is 0 Å². The Kier molecular flexibility index (Phi) is 7.69. The molecule has 5 rings (SSSR count). The average molecular weight is 477 g/mol. The van der Waals surface area contributed by atoms with Crippen molar-refractivity contribution in [1.82, 2.24) is 24.8 Å². The first-order valence-corrected chi connectivity index (χ1v) is 12.8. The number of fused-ring (bicyclic) bond motifs is 1. The molecule has 3 heterocycles. The van der Waals surface area contributed by atoms with E-state index in [0.29, 0.717) is 5.92 Å². The summed E-state index contributed by atoms with van der Waals surface area (Å²) in [5, 5.41) is 0. The minimum absolute atomic E-state index is 0.200. The minimum Gasteiger partial charge on any atom is -0.488 e. The molecule has 2 fully saturated rings. The number of aromatic nitrogens is 4. The van der Waals surface area contributed by atoms with E-state index in [-0.39, 0.29) is 6.10 Å². The average Bonchev–Trinajstić information content (AvgIpc) is 2.90. The van der Waals surface area contributed by atoms with E-state index in [9.17, 15) is 0 Å². The fraction of sp³-hybridized carbons (Fsp3) is 0.556. The summed E-state index contributed by atoms with van der Waals surface area (Å²) in [5.74, 6) is 2.42. The van der Waals surface area contributed by atoms with Crippen molar-refractivity contribution in [2.24, 2.45) is 5.92 Å². The number of rotatable bonds is 8. The molecule has 0 unspecified atom stereocenters. The summed E-state index contributed by atoms with van der Waals surface area (Å²) >= 11 is 0. The normalized spacial score (nSPS) is 20.9. The van der Waals surface area contributed by atoms with Gasteiger partial charge in [0.25, 0.3) is 0 Å². The SMILES string of the molecule is CN(C)CCc1cnc(CC2CCC(Oc3cc(N4CCOCC4)cc4nccnc34)CC2)nc1. The smallest absolute Gasteiger partial charge is 0.149 e. The molecular weight excluding hydrogens is 440 g/mol. The summed E-state index contributed by atoms with van der Waals surface area (Å²) in [6.45, 7) is 4.29. The molecule has 2 aliphatic rings. The number of morpholine rings is 1. The Balaban J connectivity index is 1.19. The van der Waals surface area contributed by atoms with Gasteiger partial charge in [-0.2, -0.15) is 0 Å². The van der Waals surface area contributed by atoms with Gasteiger partial charge in [-0.05, 0) is 63.7 Å². The van der Waals surface area contributed by atoms with E-state index in [1.54, 1.807) is 12.4 Å². The van der Waals surface area contributed by atoms with Crippen LogP contribution >= 0.6 is 0 Å². The zero-order valence-electron chi connectivity index (χ0n) is 20.9. The van der Waals surface area contributed by atoms with Crippen molar-refractivity contribution in [2.45, 2.75) is 44.6 Å².